The summed E-state index contributed by atoms with van der Waals surface area (Å²) in [5.41, 5.74) is 4.57. The smallest absolute Gasteiger partial charge is 0.123 e. The molecule has 0 bridgehead atoms. The standard InChI is InChI=1S/C24H28FN3/c1-23(2)15-20(16-24(3,4)27-23)28-14-11-21(17-5-7-19(25)8-6-17)22(28)18-9-12-26-13-10-18/h5-14,20,27H,15-16H2,1-4H3. The van der Waals surface area contributed by atoms with Crippen molar-refractivity contribution in [2.75, 3.05) is 0 Å². The second-order valence-electron chi connectivity index (χ2n) is 9.18. The van der Waals surface area contributed by atoms with Gasteiger partial charge in [-0.1, -0.05) is 12.1 Å². The SMILES string of the molecule is CC1(C)CC(n2ccc(-c3ccc(F)cc3)c2-c2ccncc2)CC(C)(C)N1. The number of hydrogen-bond donors (Lipinski definition) is 1. The molecule has 1 saturated heterocycles. The molecule has 1 aliphatic rings. The van der Waals surface area contributed by atoms with Crippen LogP contribution in [0.5, 0.6) is 0 Å². The van der Waals surface area contributed by atoms with Gasteiger partial charge in [0.05, 0.1) is 5.69 Å². The number of hydrogen-bond acceptors (Lipinski definition) is 2. The minimum absolute atomic E-state index is 0.0578. The van der Waals surface area contributed by atoms with Gasteiger partial charge in [0.2, 0.25) is 0 Å². The van der Waals surface area contributed by atoms with Crippen LogP contribution in [-0.2, 0) is 0 Å². The van der Waals surface area contributed by atoms with Crippen LogP contribution < -0.4 is 5.32 Å². The summed E-state index contributed by atoms with van der Waals surface area (Å²) in [6.07, 6.45) is 7.95. The average molecular weight is 378 g/mol. The largest absolute Gasteiger partial charge is 0.344 e. The number of benzene rings is 1. The van der Waals surface area contributed by atoms with Gasteiger partial charge in [0.15, 0.2) is 0 Å². The third-order valence-electron chi connectivity index (χ3n) is 5.59. The van der Waals surface area contributed by atoms with Crippen molar-refractivity contribution in [2.24, 2.45) is 0 Å². The molecular weight excluding hydrogens is 349 g/mol. The number of rotatable bonds is 3. The van der Waals surface area contributed by atoms with Gasteiger partial charge in [-0.15, -0.1) is 0 Å². The Bertz CT molecular complexity index is 939. The second kappa shape index (κ2) is 6.85. The number of halogens is 1. The summed E-state index contributed by atoms with van der Waals surface area (Å²) in [5, 5.41) is 3.77. The third-order valence-corrected chi connectivity index (χ3v) is 5.59. The molecule has 0 aliphatic carbocycles. The first kappa shape index (κ1) is 18.9. The Morgan fingerprint density at radius 3 is 2.11 bits per heavy atom. The molecule has 1 fully saturated rings. The van der Waals surface area contributed by atoms with Gasteiger partial charge >= 0.3 is 0 Å². The summed E-state index contributed by atoms with van der Waals surface area (Å²) in [4.78, 5) is 4.19. The molecule has 146 valence electrons. The molecule has 4 heteroatoms. The summed E-state index contributed by atoms with van der Waals surface area (Å²) < 4.78 is 15.9. The molecule has 1 aromatic carbocycles. The van der Waals surface area contributed by atoms with Crippen LogP contribution in [0.25, 0.3) is 22.4 Å². The highest BCUT2D eigenvalue weighted by Crippen LogP contribution is 2.41. The van der Waals surface area contributed by atoms with Gasteiger partial charge in [-0.3, -0.25) is 4.98 Å². The van der Waals surface area contributed by atoms with Gasteiger partial charge in [-0.2, -0.15) is 0 Å². The molecule has 4 rings (SSSR count). The van der Waals surface area contributed by atoms with Gasteiger partial charge in [0, 0.05) is 46.8 Å². The zero-order valence-electron chi connectivity index (χ0n) is 17.0. The van der Waals surface area contributed by atoms with Gasteiger partial charge in [0.1, 0.15) is 5.82 Å². The Labute approximate surface area is 166 Å². The Kier molecular flexibility index (Phi) is 4.62. The molecule has 0 saturated carbocycles. The first-order valence-corrected chi connectivity index (χ1v) is 9.91. The van der Waals surface area contributed by atoms with E-state index < -0.39 is 0 Å². The zero-order chi connectivity index (χ0) is 19.9. The minimum Gasteiger partial charge on any atom is -0.344 e. The van der Waals surface area contributed by atoms with Crippen LogP contribution in [-0.4, -0.2) is 20.6 Å². The molecule has 3 aromatic rings. The Morgan fingerprint density at radius 2 is 1.50 bits per heavy atom. The van der Waals surface area contributed by atoms with Crippen LogP contribution in [0.2, 0.25) is 0 Å². The first-order valence-electron chi connectivity index (χ1n) is 9.91. The van der Waals surface area contributed by atoms with Gasteiger partial charge in [-0.05, 0) is 76.4 Å². The Morgan fingerprint density at radius 1 is 0.893 bits per heavy atom. The Hall–Kier alpha value is -2.46. The number of piperidine rings is 1. The van der Waals surface area contributed by atoms with Crippen LogP contribution in [0.15, 0.2) is 61.1 Å². The van der Waals surface area contributed by atoms with E-state index >= 15 is 0 Å². The van der Waals surface area contributed by atoms with Crippen molar-refractivity contribution in [3.05, 3.63) is 66.9 Å². The first-order chi connectivity index (χ1) is 13.2. The fourth-order valence-corrected chi connectivity index (χ4v) is 4.89. The summed E-state index contributed by atoms with van der Waals surface area (Å²) in [6, 6.07) is 13.4. The second-order valence-corrected chi connectivity index (χ2v) is 9.18. The van der Waals surface area contributed by atoms with Crippen LogP contribution in [0, 0.1) is 5.82 Å². The van der Waals surface area contributed by atoms with Crippen molar-refractivity contribution < 1.29 is 4.39 Å². The van der Waals surface area contributed by atoms with Crippen molar-refractivity contribution in [2.45, 2.75) is 57.7 Å². The van der Waals surface area contributed by atoms with E-state index in [1.54, 1.807) is 0 Å². The maximum Gasteiger partial charge on any atom is 0.123 e. The van der Waals surface area contributed by atoms with Crippen molar-refractivity contribution >= 4 is 0 Å². The molecule has 1 aliphatic heterocycles. The highest BCUT2D eigenvalue weighted by atomic mass is 19.1. The topological polar surface area (TPSA) is 29.9 Å². The molecule has 0 unspecified atom stereocenters. The normalized spacial score (nSPS) is 18.9. The molecule has 0 spiro atoms. The average Bonchev–Trinajstić information content (AvgIpc) is 3.05. The van der Waals surface area contributed by atoms with E-state index in [0.29, 0.717) is 6.04 Å². The quantitative estimate of drug-likeness (QED) is 0.621. The van der Waals surface area contributed by atoms with Crippen molar-refractivity contribution in [1.82, 2.24) is 14.9 Å². The van der Waals surface area contributed by atoms with E-state index in [2.05, 4.69) is 67.0 Å². The van der Waals surface area contributed by atoms with E-state index in [4.69, 9.17) is 0 Å². The number of pyridine rings is 1. The van der Waals surface area contributed by atoms with Gasteiger partial charge in [-0.25, -0.2) is 4.39 Å². The summed E-state index contributed by atoms with van der Waals surface area (Å²) in [5.74, 6) is -0.213. The van der Waals surface area contributed by atoms with E-state index in [0.717, 1.165) is 29.5 Å². The molecule has 0 radical (unpaired) electrons. The van der Waals surface area contributed by atoms with Crippen molar-refractivity contribution in [1.29, 1.82) is 0 Å². The number of nitrogens with zero attached hydrogens (tertiary/aromatic N) is 2. The lowest BCUT2D eigenvalue weighted by Crippen LogP contribution is -2.57. The highest BCUT2D eigenvalue weighted by Gasteiger charge is 2.39. The molecule has 3 nitrogen and oxygen atoms in total. The Balaban J connectivity index is 1.85. The van der Waals surface area contributed by atoms with Crippen LogP contribution >= 0.6 is 0 Å². The van der Waals surface area contributed by atoms with E-state index in [1.807, 2.05) is 24.5 Å². The molecule has 1 N–H and O–H groups in total. The lowest BCUT2D eigenvalue weighted by atomic mass is 9.79. The van der Waals surface area contributed by atoms with E-state index in [9.17, 15) is 4.39 Å². The maximum atomic E-state index is 13.5. The summed E-state index contributed by atoms with van der Waals surface area (Å²) in [6.45, 7) is 9.10. The molecule has 0 amide bonds. The summed E-state index contributed by atoms with van der Waals surface area (Å²) in [7, 11) is 0. The fraction of sp³-hybridized carbons (Fsp3) is 0.375. The van der Waals surface area contributed by atoms with Crippen molar-refractivity contribution in [3.63, 3.8) is 0 Å². The predicted molar refractivity (Wildman–Crippen MR) is 113 cm³/mol. The third kappa shape index (κ3) is 3.74. The van der Waals surface area contributed by atoms with E-state index in [1.165, 1.54) is 17.8 Å². The molecule has 0 atom stereocenters. The molecular formula is C24H28FN3. The molecule has 3 heterocycles. The summed E-state index contributed by atoms with van der Waals surface area (Å²) >= 11 is 0. The maximum absolute atomic E-state index is 13.5. The lowest BCUT2D eigenvalue weighted by molar-refractivity contribution is 0.133. The van der Waals surface area contributed by atoms with E-state index in [-0.39, 0.29) is 16.9 Å². The van der Waals surface area contributed by atoms with Crippen molar-refractivity contribution in [3.8, 4) is 22.4 Å². The van der Waals surface area contributed by atoms with Gasteiger partial charge < -0.3 is 9.88 Å². The van der Waals surface area contributed by atoms with Crippen LogP contribution in [0.4, 0.5) is 4.39 Å². The predicted octanol–water partition coefficient (Wildman–Crippen LogP) is 5.84. The van der Waals surface area contributed by atoms with Crippen LogP contribution in [0.1, 0.15) is 46.6 Å². The number of aromatic nitrogens is 2. The fourth-order valence-electron chi connectivity index (χ4n) is 4.89. The highest BCUT2D eigenvalue weighted by molar-refractivity contribution is 5.81. The van der Waals surface area contributed by atoms with Crippen LogP contribution in [0.3, 0.4) is 0 Å². The van der Waals surface area contributed by atoms with Gasteiger partial charge in [0.25, 0.3) is 0 Å². The molecule has 28 heavy (non-hydrogen) atoms. The minimum atomic E-state index is -0.213. The molecule has 2 aromatic heterocycles. The monoisotopic (exact) mass is 377 g/mol. The number of nitrogens with one attached hydrogen (secondary N) is 1. The lowest BCUT2D eigenvalue weighted by Gasteiger charge is -2.47. The zero-order valence-corrected chi connectivity index (χ0v) is 17.0.